The second-order valence-corrected chi connectivity index (χ2v) is 6.28. The van der Waals surface area contributed by atoms with E-state index in [0.717, 1.165) is 0 Å². The molecule has 0 aromatic heterocycles. The van der Waals surface area contributed by atoms with Crippen LogP contribution in [0, 0.1) is 0 Å². The molecular weight excluding hydrogens is 228 g/mol. The number of aliphatic hydroxyl groups excluding tert-OH is 1. The minimum atomic E-state index is -0.344. The van der Waals surface area contributed by atoms with E-state index in [1.165, 1.54) is 30.6 Å². The van der Waals surface area contributed by atoms with Crippen molar-refractivity contribution < 1.29 is 5.11 Å². The molecule has 1 nitrogen and oxygen atoms in total. The van der Waals surface area contributed by atoms with Crippen molar-refractivity contribution in [2.24, 2.45) is 0 Å². The zero-order valence-electron chi connectivity index (χ0n) is 10.3. The van der Waals surface area contributed by atoms with E-state index in [-0.39, 0.29) is 10.9 Å². The van der Waals surface area contributed by atoms with Crippen molar-refractivity contribution in [2.45, 2.75) is 48.4 Å². The number of rotatable bonds is 4. The number of benzene rings is 1. The Morgan fingerprint density at radius 2 is 1.88 bits per heavy atom. The highest BCUT2D eigenvalue weighted by atomic mass is 32.2. The molecule has 0 heterocycles. The lowest BCUT2D eigenvalue weighted by atomic mass is 10.1. The molecule has 2 heteroatoms. The van der Waals surface area contributed by atoms with E-state index in [1.807, 2.05) is 24.8 Å². The van der Waals surface area contributed by atoms with Crippen LogP contribution in [0.15, 0.2) is 47.4 Å². The van der Waals surface area contributed by atoms with E-state index in [0.29, 0.717) is 0 Å². The van der Waals surface area contributed by atoms with Gasteiger partial charge in [-0.05, 0) is 31.9 Å². The van der Waals surface area contributed by atoms with Crippen LogP contribution in [0.1, 0.15) is 32.6 Å². The molecule has 1 aliphatic rings. The Bertz CT molecular complexity index is 364. The van der Waals surface area contributed by atoms with Crippen molar-refractivity contribution in [1.29, 1.82) is 0 Å². The van der Waals surface area contributed by atoms with Gasteiger partial charge in [-0.1, -0.05) is 43.2 Å². The molecular formula is C15H20OS. The maximum atomic E-state index is 9.40. The molecule has 1 aromatic rings. The Morgan fingerprint density at radius 1 is 1.24 bits per heavy atom. The van der Waals surface area contributed by atoms with Crippen LogP contribution in [0.4, 0.5) is 0 Å². The maximum absolute atomic E-state index is 9.40. The van der Waals surface area contributed by atoms with Gasteiger partial charge in [-0.3, -0.25) is 0 Å². The molecule has 1 atom stereocenters. The topological polar surface area (TPSA) is 20.2 Å². The van der Waals surface area contributed by atoms with Crippen molar-refractivity contribution in [3.63, 3.8) is 0 Å². The van der Waals surface area contributed by atoms with E-state index in [9.17, 15) is 5.11 Å². The van der Waals surface area contributed by atoms with Gasteiger partial charge in [0.25, 0.3) is 0 Å². The van der Waals surface area contributed by atoms with Crippen molar-refractivity contribution in [2.75, 3.05) is 0 Å². The highest BCUT2D eigenvalue weighted by Crippen LogP contribution is 2.46. The third-order valence-electron chi connectivity index (χ3n) is 3.19. The molecule has 1 aromatic carbocycles. The molecule has 0 bridgehead atoms. The summed E-state index contributed by atoms with van der Waals surface area (Å²) in [5, 5.41) is 9.40. The van der Waals surface area contributed by atoms with Crippen molar-refractivity contribution in [1.82, 2.24) is 0 Å². The zero-order valence-corrected chi connectivity index (χ0v) is 11.1. The first-order chi connectivity index (χ1) is 8.20. The summed E-state index contributed by atoms with van der Waals surface area (Å²) in [4.78, 5) is 1.32. The summed E-state index contributed by atoms with van der Waals surface area (Å²) >= 11 is 1.94. The average Bonchev–Trinajstić information content (AvgIpc) is 2.77. The fourth-order valence-electron chi connectivity index (χ4n) is 2.31. The zero-order chi connectivity index (χ0) is 12.1. The van der Waals surface area contributed by atoms with Crippen LogP contribution in [-0.2, 0) is 0 Å². The smallest absolute Gasteiger partial charge is 0.0693 e. The summed E-state index contributed by atoms with van der Waals surface area (Å²) in [7, 11) is 0. The first kappa shape index (κ1) is 12.7. The van der Waals surface area contributed by atoms with Gasteiger partial charge in [-0.25, -0.2) is 0 Å². The molecule has 2 rings (SSSR count). The molecule has 0 spiro atoms. The Hall–Kier alpha value is -0.730. The van der Waals surface area contributed by atoms with Crippen LogP contribution in [0.25, 0.3) is 0 Å². The van der Waals surface area contributed by atoms with Gasteiger partial charge < -0.3 is 5.11 Å². The first-order valence-corrected chi connectivity index (χ1v) is 7.13. The molecule has 0 unspecified atom stereocenters. The largest absolute Gasteiger partial charge is 0.389 e. The molecule has 1 N–H and O–H groups in total. The van der Waals surface area contributed by atoms with Crippen molar-refractivity contribution in [3.05, 3.63) is 42.5 Å². The molecule has 92 valence electrons. The summed E-state index contributed by atoms with van der Waals surface area (Å²) in [5.74, 6) is 0. The fourth-order valence-corrected chi connectivity index (χ4v) is 3.72. The van der Waals surface area contributed by atoms with Crippen LogP contribution in [0.2, 0.25) is 0 Å². The minimum absolute atomic E-state index is 0.207. The Balaban J connectivity index is 2.12. The predicted octanol–water partition coefficient (Wildman–Crippen LogP) is 4.03. The lowest BCUT2D eigenvalue weighted by molar-refractivity contribution is 0.243. The van der Waals surface area contributed by atoms with Gasteiger partial charge in [0, 0.05) is 9.64 Å². The number of hydrogen-bond acceptors (Lipinski definition) is 2. The first-order valence-electron chi connectivity index (χ1n) is 6.32. The van der Waals surface area contributed by atoms with Gasteiger partial charge in [-0.15, -0.1) is 11.8 Å². The SMILES string of the molecule is C[C@@H](O)/C=C/C1(Sc2ccccc2)CCCC1. The van der Waals surface area contributed by atoms with Gasteiger partial charge in [0.05, 0.1) is 6.10 Å². The van der Waals surface area contributed by atoms with Crippen LogP contribution < -0.4 is 0 Å². The summed E-state index contributed by atoms with van der Waals surface area (Å²) in [5.41, 5.74) is 0. The van der Waals surface area contributed by atoms with E-state index in [4.69, 9.17) is 0 Å². The maximum Gasteiger partial charge on any atom is 0.0693 e. The number of thioether (sulfide) groups is 1. The van der Waals surface area contributed by atoms with Crippen LogP contribution in [0.3, 0.4) is 0 Å². The normalized spacial score (nSPS) is 20.8. The number of hydrogen-bond donors (Lipinski definition) is 1. The predicted molar refractivity (Wildman–Crippen MR) is 74.3 cm³/mol. The third kappa shape index (κ3) is 3.62. The molecule has 17 heavy (non-hydrogen) atoms. The molecule has 0 radical (unpaired) electrons. The van der Waals surface area contributed by atoms with Gasteiger partial charge in [0.15, 0.2) is 0 Å². The molecule has 1 saturated carbocycles. The van der Waals surface area contributed by atoms with Gasteiger partial charge in [0.2, 0.25) is 0 Å². The lowest BCUT2D eigenvalue weighted by Crippen LogP contribution is -2.17. The molecule has 1 fully saturated rings. The Kier molecular flexibility index (Phi) is 4.30. The standard InChI is InChI=1S/C15H20OS/c1-13(16)9-12-15(10-5-6-11-15)17-14-7-3-2-4-8-14/h2-4,7-9,12-13,16H,5-6,10-11H2,1H3/b12-9+/t13-/m1/s1. The fraction of sp³-hybridized carbons (Fsp3) is 0.467. The number of aliphatic hydroxyl groups is 1. The Labute approximate surface area is 108 Å². The monoisotopic (exact) mass is 248 g/mol. The molecule has 0 aliphatic heterocycles. The van der Waals surface area contributed by atoms with Crippen LogP contribution in [0.5, 0.6) is 0 Å². The average molecular weight is 248 g/mol. The summed E-state index contributed by atoms with van der Waals surface area (Å²) in [6.07, 6.45) is 8.84. The van der Waals surface area contributed by atoms with Crippen LogP contribution >= 0.6 is 11.8 Å². The van der Waals surface area contributed by atoms with Gasteiger partial charge in [0.1, 0.15) is 0 Å². The summed E-state index contributed by atoms with van der Waals surface area (Å²) in [6.45, 7) is 1.81. The quantitative estimate of drug-likeness (QED) is 0.812. The van der Waals surface area contributed by atoms with E-state index in [2.05, 4.69) is 36.4 Å². The highest BCUT2D eigenvalue weighted by molar-refractivity contribution is 8.00. The van der Waals surface area contributed by atoms with E-state index in [1.54, 1.807) is 0 Å². The van der Waals surface area contributed by atoms with Gasteiger partial charge in [-0.2, -0.15) is 0 Å². The van der Waals surface area contributed by atoms with Gasteiger partial charge >= 0.3 is 0 Å². The molecule has 1 aliphatic carbocycles. The minimum Gasteiger partial charge on any atom is -0.389 e. The van der Waals surface area contributed by atoms with Crippen molar-refractivity contribution >= 4 is 11.8 Å². The van der Waals surface area contributed by atoms with Crippen LogP contribution in [-0.4, -0.2) is 16.0 Å². The Morgan fingerprint density at radius 3 is 2.47 bits per heavy atom. The summed E-state index contributed by atoms with van der Waals surface area (Å²) in [6, 6.07) is 10.6. The third-order valence-corrected chi connectivity index (χ3v) is 4.65. The highest BCUT2D eigenvalue weighted by Gasteiger charge is 2.32. The van der Waals surface area contributed by atoms with Crippen molar-refractivity contribution in [3.8, 4) is 0 Å². The van der Waals surface area contributed by atoms with E-state index < -0.39 is 0 Å². The lowest BCUT2D eigenvalue weighted by Gasteiger charge is -2.24. The second-order valence-electron chi connectivity index (χ2n) is 4.79. The van der Waals surface area contributed by atoms with E-state index >= 15 is 0 Å². The molecule has 0 saturated heterocycles. The summed E-state index contributed by atoms with van der Waals surface area (Å²) < 4.78 is 0.207. The molecule has 0 amide bonds. The second kappa shape index (κ2) is 5.74.